The molecule has 41 heavy (non-hydrogen) atoms. The minimum atomic E-state index is -5.04. The van der Waals surface area contributed by atoms with Crippen LogP contribution in [0.25, 0.3) is 22.0 Å². The van der Waals surface area contributed by atoms with Crippen molar-refractivity contribution in [1.29, 1.82) is 0 Å². The number of nitrogens with zero attached hydrogens (tertiary/aromatic N) is 2. The molecule has 3 N–H and O–H groups in total. The summed E-state index contributed by atoms with van der Waals surface area (Å²) in [6, 6.07) is 7.96. The Kier molecular flexibility index (Phi) is 7.79. The van der Waals surface area contributed by atoms with Crippen molar-refractivity contribution < 1.29 is 35.5 Å². The van der Waals surface area contributed by atoms with Crippen molar-refractivity contribution >= 4 is 44.2 Å². The van der Waals surface area contributed by atoms with Gasteiger partial charge in [0, 0.05) is 22.6 Å². The van der Waals surface area contributed by atoms with Crippen molar-refractivity contribution in [2.75, 3.05) is 10.0 Å². The summed E-state index contributed by atoms with van der Waals surface area (Å²) in [5.41, 5.74) is -2.36. The van der Waals surface area contributed by atoms with Crippen LogP contribution in [0.4, 0.5) is 33.6 Å². The van der Waals surface area contributed by atoms with Gasteiger partial charge in [-0.1, -0.05) is 17.7 Å². The van der Waals surface area contributed by atoms with Crippen LogP contribution in [0.2, 0.25) is 5.02 Å². The number of alkyl halides is 3. The Hall–Kier alpha value is -3.55. The van der Waals surface area contributed by atoms with Crippen LogP contribution in [0.3, 0.4) is 0 Å². The second-order valence-corrected chi connectivity index (χ2v) is 11.7. The molecule has 0 atom stereocenters. The van der Waals surface area contributed by atoms with E-state index < -0.39 is 49.5 Å². The number of fused-ring (bicyclic) bond motifs is 1. The summed E-state index contributed by atoms with van der Waals surface area (Å²) >= 11 is 5.74. The molecule has 5 rings (SSSR count). The molecule has 1 aromatic heterocycles. The minimum Gasteiger partial charge on any atom is -0.393 e. The molecule has 1 aliphatic rings. The lowest BCUT2D eigenvalue weighted by Gasteiger charge is -2.26. The Morgan fingerprint density at radius 2 is 1.71 bits per heavy atom. The number of sulfonamides is 1. The van der Waals surface area contributed by atoms with E-state index in [0.717, 1.165) is 31.0 Å². The molecule has 0 unspecified atom stereocenters. The maximum absolute atomic E-state index is 15.6. The summed E-state index contributed by atoms with van der Waals surface area (Å²) in [7, 11) is -5.00. The third-order valence-corrected chi connectivity index (χ3v) is 8.41. The van der Waals surface area contributed by atoms with Crippen molar-refractivity contribution in [1.82, 2.24) is 9.97 Å². The van der Waals surface area contributed by atoms with Crippen LogP contribution in [0, 0.1) is 11.6 Å². The van der Waals surface area contributed by atoms with Gasteiger partial charge < -0.3 is 10.4 Å². The number of aromatic nitrogens is 2. The zero-order chi connectivity index (χ0) is 29.5. The van der Waals surface area contributed by atoms with Gasteiger partial charge in [-0.25, -0.2) is 27.2 Å². The number of benzene rings is 3. The average Bonchev–Trinajstić information content (AvgIpc) is 2.91. The molecule has 4 aromatic rings. The fourth-order valence-corrected chi connectivity index (χ4v) is 6.26. The highest BCUT2D eigenvalue weighted by molar-refractivity contribution is 7.92. The van der Waals surface area contributed by atoms with E-state index in [1.165, 1.54) is 24.4 Å². The summed E-state index contributed by atoms with van der Waals surface area (Å²) in [6.45, 7) is 0. The molecule has 0 amide bonds. The zero-order valence-corrected chi connectivity index (χ0v) is 22.6. The molecule has 7 nitrogen and oxygen atoms in total. The van der Waals surface area contributed by atoms with Gasteiger partial charge in [0.05, 0.1) is 28.4 Å². The summed E-state index contributed by atoms with van der Waals surface area (Å²) in [5, 5.41) is 13.0. The number of aliphatic hydroxyl groups excluding tert-OH is 1. The lowest BCUT2D eigenvalue weighted by molar-refractivity contribution is -0.139. The molecule has 1 fully saturated rings. The van der Waals surface area contributed by atoms with E-state index in [1.54, 1.807) is 4.72 Å². The minimum absolute atomic E-state index is 0.0258. The van der Waals surface area contributed by atoms with Crippen molar-refractivity contribution in [3.8, 4) is 11.1 Å². The van der Waals surface area contributed by atoms with Crippen LogP contribution < -0.4 is 10.0 Å². The second-order valence-electron chi connectivity index (χ2n) is 9.64. The number of rotatable bonds is 6. The molecule has 0 radical (unpaired) electrons. The molecule has 0 spiro atoms. The summed E-state index contributed by atoms with van der Waals surface area (Å²) in [5.74, 6) is -2.00. The van der Waals surface area contributed by atoms with Crippen molar-refractivity contribution in [3.63, 3.8) is 0 Å². The Morgan fingerprint density at radius 1 is 0.976 bits per heavy atom. The lowest BCUT2D eigenvalue weighted by atomic mass is 9.93. The summed E-state index contributed by atoms with van der Waals surface area (Å²) in [4.78, 5) is 7.50. The standard InChI is InChI=1S/C27H22ClF5N4O3S/c28-16-2-7-19(27(31,32)33)23(12-16)41(39,40)37-22-10-8-20(29)24(25(22)30)14-1-9-21-15(11-14)13-34-26(36-21)35-17-3-5-18(38)6-4-17/h1-2,7-13,17-18,37-38H,3-6H2,(H,34,35,36). The number of nitrogens with one attached hydrogen (secondary N) is 2. The number of hydrogen-bond donors (Lipinski definition) is 3. The van der Waals surface area contributed by atoms with Crippen LogP contribution in [-0.2, 0) is 16.2 Å². The van der Waals surface area contributed by atoms with Crippen LogP contribution in [0.15, 0.2) is 59.6 Å². The van der Waals surface area contributed by atoms with Crippen molar-refractivity contribution in [2.24, 2.45) is 0 Å². The van der Waals surface area contributed by atoms with E-state index in [4.69, 9.17) is 11.6 Å². The number of halogens is 6. The first-order valence-electron chi connectivity index (χ1n) is 12.4. The highest BCUT2D eigenvalue weighted by Gasteiger charge is 2.37. The maximum Gasteiger partial charge on any atom is 0.417 e. The van der Waals surface area contributed by atoms with E-state index in [1.807, 2.05) is 0 Å². The van der Waals surface area contributed by atoms with Gasteiger partial charge in [0.15, 0.2) is 5.82 Å². The van der Waals surface area contributed by atoms with Gasteiger partial charge in [-0.3, -0.25) is 4.72 Å². The molecular formula is C27H22ClF5N4O3S. The van der Waals surface area contributed by atoms with E-state index in [0.29, 0.717) is 41.8 Å². The Morgan fingerprint density at radius 3 is 2.41 bits per heavy atom. The van der Waals surface area contributed by atoms with Crippen molar-refractivity contribution in [3.05, 3.63) is 76.9 Å². The first-order valence-corrected chi connectivity index (χ1v) is 14.3. The van der Waals surface area contributed by atoms with E-state index in [-0.39, 0.29) is 22.7 Å². The number of aliphatic hydroxyl groups is 1. The van der Waals surface area contributed by atoms with Gasteiger partial charge in [-0.05, 0) is 73.7 Å². The fourth-order valence-electron chi connectivity index (χ4n) is 4.71. The molecule has 0 bridgehead atoms. The smallest absolute Gasteiger partial charge is 0.393 e. The van der Waals surface area contributed by atoms with Gasteiger partial charge in [-0.15, -0.1) is 0 Å². The molecule has 14 heteroatoms. The topological polar surface area (TPSA) is 104 Å². The van der Waals surface area contributed by atoms with Crippen LogP contribution in [0.1, 0.15) is 31.2 Å². The number of anilines is 2. The van der Waals surface area contributed by atoms with Crippen molar-refractivity contribution in [2.45, 2.75) is 48.9 Å². The van der Waals surface area contributed by atoms with Crippen LogP contribution in [0.5, 0.6) is 0 Å². The lowest BCUT2D eigenvalue weighted by Crippen LogP contribution is -2.28. The molecular weight excluding hydrogens is 591 g/mol. The number of hydrogen-bond acceptors (Lipinski definition) is 6. The van der Waals surface area contributed by atoms with Gasteiger partial charge in [0.1, 0.15) is 10.7 Å². The van der Waals surface area contributed by atoms with E-state index >= 15 is 4.39 Å². The molecule has 3 aromatic carbocycles. The molecule has 1 aliphatic carbocycles. The normalized spacial score (nSPS) is 17.9. The molecule has 0 saturated heterocycles. The van der Waals surface area contributed by atoms with Crippen LogP contribution in [-0.4, -0.2) is 35.6 Å². The van der Waals surface area contributed by atoms with E-state index in [9.17, 15) is 31.1 Å². The predicted molar refractivity (Wildman–Crippen MR) is 144 cm³/mol. The Balaban J connectivity index is 1.45. The molecule has 0 aliphatic heterocycles. The summed E-state index contributed by atoms with van der Waals surface area (Å²) < 4.78 is 98.4. The fraction of sp³-hybridized carbons (Fsp3) is 0.259. The molecule has 216 valence electrons. The summed E-state index contributed by atoms with van der Waals surface area (Å²) in [6.07, 6.45) is -1.03. The van der Waals surface area contributed by atoms with Gasteiger partial charge in [-0.2, -0.15) is 13.2 Å². The first kappa shape index (κ1) is 29.0. The monoisotopic (exact) mass is 612 g/mol. The first-order chi connectivity index (χ1) is 19.3. The predicted octanol–water partition coefficient (Wildman–Crippen LogP) is 6.76. The van der Waals surface area contributed by atoms with Gasteiger partial charge in [0.2, 0.25) is 5.95 Å². The Labute approximate surface area is 236 Å². The second kappa shape index (κ2) is 11.0. The SMILES string of the molecule is O=S(=O)(Nc1ccc(F)c(-c2ccc3nc(NC4CCC(O)CC4)ncc3c2)c1F)c1cc(Cl)ccc1C(F)(F)F. The van der Waals surface area contributed by atoms with Crippen LogP contribution >= 0.6 is 11.6 Å². The third kappa shape index (κ3) is 6.21. The largest absolute Gasteiger partial charge is 0.417 e. The molecule has 1 heterocycles. The molecule has 1 saturated carbocycles. The average molecular weight is 613 g/mol. The van der Waals surface area contributed by atoms with Gasteiger partial charge in [0.25, 0.3) is 10.0 Å². The zero-order valence-electron chi connectivity index (χ0n) is 21.0. The van der Waals surface area contributed by atoms with Gasteiger partial charge >= 0.3 is 6.18 Å². The highest BCUT2D eigenvalue weighted by atomic mass is 35.5. The maximum atomic E-state index is 15.6. The van der Waals surface area contributed by atoms with E-state index in [2.05, 4.69) is 15.3 Å². The third-order valence-electron chi connectivity index (χ3n) is 6.77. The quantitative estimate of drug-likeness (QED) is 0.208. The Bertz CT molecular complexity index is 1730. The highest BCUT2D eigenvalue weighted by Crippen LogP contribution is 2.38.